The van der Waals surface area contributed by atoms with E-state index in [9.17, 15) is 24.0 Å². The van der Waals surface area contributed by atoms with E-state index in [1.165, 1.54) is 48.2 Å². The van der Waals surface area contributed by atoms with Gasteiger partial charge in [-0.15, -0.1) is 5.01 Å². The lowest BCUT2D eigenvalue weighted by Crippen LogP contribution is -2.61. The number of carbonyl (C=O) groups excluding carboxylic acids is 5. The highest BCUT2D eigenvalue weighted by Crippen LogP contribution is 2.24. The van der Waals surface area contributed by atoms with Crippen molar-refractivity contribution >= 4 is 41.4 Å². The Morgan fingerprint density at radius 3 is 1.82 bits per heavy atom. The number of hydrogen-bond acceptors (Lipinski definition) is 7. The van der Waals surface area contributed by atoms with Gasteiger partial charge in [0.2, 0.25) is 0 Å². The highest BCUT2D eigenvalue weighted by Gasteiger charge is 2.43. The van der Waals surface area contributed by atoms with Crippen LogP contribution in [0.3, 0.4) is 0 Å². The molecule has 0 saturated heterocycles. The standard InChI is InChI=1S/C28H34ClN3O7/c1-7-22(33)38-26(25(36)30(8-2)9-3)39-27(37)31(23(34)20-15-17-21(29)18-16-20)32(28(4,5)6)24(35)19-13-11-10-12-14-19/h10-18,26H,7-9H2,1-6H3. The molecule has 1 atom stereocenters. The summed E-state index contributed by atoms with van der Waals surface area (Å²) in [6.45, 7) is 10.3. The minimum atomic E-state index is -1.97. The van der Waals surface area contributed by atoms with Gasteiger partial charge in [0.25, 0.3) is 11.8 Å². The first kappa shape index (κ1) is 31.3. The first-order valence-corrected chi connectivity index (χ1v) is 12.9. The number of hydrogen-bond donors (Lipinski definition) is 0. The largest absolute Gasteiger partial charge is 0.440 e. The number of likely N-dealkylation sites (N-methyl/N-ethyl adjacent to an activating group) is 1. The molecule has 0 aliphatic heterocycles. The molecule has 11 heteroatoms. The summed E-state index contributed by atoms with van der Waals surface area (Å²) in [6.07, 6.45) is -3.45. The Bertz CT molecular complexity index is 1180. The van der Waals surface area contributed by atoms with Gasteiger partial charge in [0.1, 0.15) is 0 Å². The zero-order valence-electron chi connectivity index (χ0n) is 23.0. The molecule has 0 aromatic heterocycles. The maximum atomic E-state index is 13.8. The van der Waals surface area contributed by atoms with E-state index < -0.39 is 41.6 Å². The molecule has 0 heterocycles. The monoisotopic (exact) mass is 559 g/mol. The number of ether oxygens (including phenoxy) is 2. The van der Waals surface area contributed by atoms with Gasteiger partial charge in [0.05, 0.1) is 5.54 Å². The fraction of sp³-hybridized carbons (Fsp3) is 0.393. The Morgan fingerprint density at radius 2 is 1.33 bits per heavy atom. The van der Waals surface area contributed by atoms with Crippen molar-refractivity contribution in [2.75, 3.05) is 13.1 Å². The Labute approximate surface area is 233 Å². The van der Waals surface area contributed by atoms with Crippen LogP contribution in [-0.2, 0) is 19.1 Å². The average Bonchev–Trinajstić information content (AvgIpc) is 2.91. The quantitative estimate of drug-likeness (QED) is 0.256. The third-order valence-electron chi connectivity index (χ3n) is 5.52. The van der Waals surface area contributed by atoms with Crippen molar-refractivity contribution in [3.8, 4) is 0 Å². The minimum absolute atomic E-state index is 0.0173. The van der Waals surface area contributed by atoms with Gasteiger partial charge in [-0.3, -0.25) is 19.2 Å². The first-order chi connectivity index (χ1) is 18.3. The lowest BCUT2D eigenvalue weighted by molar-refractivity contribution is -0.185. The maximum Gasteiger partial charge on any atom is 0.440 e. The van der Waals surface area contributed by atoms with E-state index in [0.29, 0.717) is 10.0 Å². The highest BCUT2D eigenvalue weighted by molar-refractivity contribution is 6.30. The van der Waals surface area contributed by atoms with Crippen molar-refractivity contribution in [3.05, 3.63) is 70.7 Å². The molecule has 0 aliphatic rings. The van der Waals surface area contributed by atoms with E-state index in [1.807, 2.05) is 0 Å². The average molecular weight is 560 g/mol. The van der Waals surface area contributed by atoms with Crippen LogP contribution in [0.5, 0.6) is 0 Å². The summed E-state index contributed by atoms with van der Waals surface area (Å²) in [5.41, 5.74) is -0.919. The predicted molar refractivity (Wildman–Crippen MR) is 145 cm³/mol. The molecule has 2 rings (SSSR count). The molecule has 210 valence electrons. The molecule has 0 N–H and O–H groups in total. The van der Waals surface area contributed by atoms with E-state index in [4.69, 9.17) is 21.1 Å². The second-order valence-corrected chi connectivity index (χ2v) is 9.78. The fourth-order valence-corrected chi connectivity index (χ4v) is 3.65. The predicted octanol–water partition coefficient (Wildman–Crippen LogP) is 4.92. The Kier molecular flexibility index (Phi) is 11.0. The summed E-state index contributed by atoms with van der Waals surface area (Å²) < 4.78 is 10.5. The van der Waals surface area contributed by atoms with Gasteiger partial charge in [-0.25, -0.2) is 9.80 Å². The summed E-state index contributed by atoms with van der Waals surface area (Å²) in [5, 5.41) is 1.81. The van der Waals surface area contributed by atoms with Crippen LogP contribution in [0.25, 0.3) is 0 Å². The van der Waals surface area contributed by atoms with Crippen LogP contribution in [0.4, 0.5) is 4.79 Å². The number of halogens is 1. The molecule has 2 aromatic carbocycles. The number of nitrogens with zero attached hydrogens (tertiary/aromatic N) is 3. The summed E-state index contributed by atoms with van der Waals surface area (Å²) in [5.74, 6) is -3.19. The highest BCUT2D eigenvalue weighted by atomic mass is 35.5. The van der Waals surface area contributed by atoms with E-state index >= 15 is 0 Å². The Balaban J connectivity index is 2.64. The lowest BCUT2D eigenvalue weighted by atomic mass is 10.1. The molecule has 0 aliphatic carbocycles. The summed E-state index contributed by atoms with van der Waals surface area (Å²) in [7, 11) is 0. The van der Waals surface area contributed by atoms with Gasteiger partial charge in [0, 0.05) is 35.7 Å². The zero-order valence-corrected chi connectivity index (χ0v) is 23.7. The molecule has 0 saturated carbocycles. The molecule has 0 spiro atoms. The number of amides is 4. The third-order valence-corrected chi connectivity index (χ3v) is 5.77. The van der Waals surface area contributed by atoms with Crippen molar-refractivity contribution < 1.29 is 33.4 Å². The molecule has 0 radical (unpaired) electrons. The van der Waals surface area contributed by atoms with Gasteiger partial charge < -0.3 is 14.4 Å². The molecule has 1 unspecified atom stereocenters. The summed E-state index contributed by atoms with van der Waals surface area (Å²) >= 11 is 5.98. The molecular formula is C28H34ClN3O7. The van der Waals surface area contributed by atoms with Crippen LogP contribution >= 0.6 is 11.6 Å². The van der Waals surface area contributed by atoms with Crippen molar-refractivity contribution in [1.29, 1.82) is 0 Å². The Hall–Kier alpha value is -3.92. The molecule has 4 amide bonds. The number of imide groups is 1. The third kappa shape index (κ3) is 8.03. The SMILES string of the molecule is CCC(=O)OC(OC(=O)N(C(=O)c1ccc(Cl)cc1)N(C(=O)c1ccccc1)C(C)(C)C)C(=O)N(CC)CC. The van der Waals surface area contributed by atoms with Gasteiger partial charge in [-0.2, -0.15) is 0 Å². The first-order valence-electron chi connectivity index (χ1n) is 12.5. The van der Waals surface area contributed by atoms with E-state index in [2.05, 4.69) is 0 Å². The molecule has 2 aromatic rings. The second-order valence-electron chi connectivity index (χ2n) is 9.35. The summed E-state index contributed by atoms with van der Waals surface area (Å²) in [4.78, 5) is 67.7. The van der Waals surface area contributed by atoms with Gasteiger partial charge in [0.15, 0.2) is 0 Å². The van der Waals surface area contributed by atoms with Crippen LogP contribution in [0, 0.1) is 0 Å². The van der Waals surface area contributed by atoms with Crippen LogP contribution in [-0.4, -0.2) is 69.6 Å². The van der Waals surface area contributed by atoms with Crippen molar-refractivity contribution in [2.24, 2.45) is 0 Å². The van der Waals surface area contributed by atoms with Crippen molar-refractivity contribution in [1.82, 2.24) is 14.9 Å². The van der Waals surface area contributed by atoms with Crippen molar-refractivity contribution in [3.63, 3.8) is 0 Å². The fourth-order valence-electron chi connectivity index (χ4n) is 3.52. The van der Waals surface area contributed by atoms with Crippen LogP contribution in [0.15, 0.2) is 54.6 Å². The van der Waals surface area contributed by atoms with E-state index in [-0.39, 0.29) is 30.6 Å². The van der Waals surface area contributed by atoms with Gasteiger partial charge in [-0.05, 0) is 71.0 Å². The van der Waals surface area contributed by atoms with Gasteiger partial charge in [-0.1, -0.05) is 36.7 Å². The molecule has 10 nitrogen and oxygen atoms in total. The number of benzene rings is 2. The Morgan fingerprint density at radius 1 is 0.795 bits per heavy atom. The van der Waals surface area contributed by atoms with Crippen molar-refractivity contribution in [2.45, 2.75) is 59.8 Å². The minimum Gasteiger partial charge on any atom is -0.416 e. The molecule has 39 heavy (non-hydrogen) atoms. The molecular weight excluding hydrogens is 526 g/mol. The lowest BCUT2D eigenvalue weighted by Gasteiger charge is -2.41. The van der Waals surface area contributed by atoms with Crippen LogP contribution in [0.2, 0.25) is 5.02 Å². The number of hydrazine groups is 1. The van der Waals surface area contributed by atoms with Crippen LogP contribution < -0.4 is 0 Å². The van der Waals surface area contributed by atoms with Gasteiger partial charge >= 0.3 is 24.3 Å². The number of carbonyl (C=O) groups is 5. The second kappa shape index (κ2) is 13.7. The number of rotatable bonds is 8. The maximum absolute atomic E-state index is 13.8. The summed E-state index contributed by atoms with van der Waals surface area (Å²) in [6, 6.07) is 13.7. The topological polar surface area (TPSA) is 114 Å². The molecule has 0 fully saturated rings. The zero-order chi connectivity index (χ0) is 29.3. The van der Waals surface area contributed by atoms with E-state index in [1.54, 1.807) is 52.8 Å². The smallest absolute Gasteiger partial charge is 0.416 e. The molecule has 0 bridgehead atoms. The normalized spacial score (nSPS) is 11.7. The number of esters is 1. The van der Waals surface area contributed by atoms with Crippen LogP contribution in [0.1, 0.15) is 68.7 Å². The van der Waals surface area contributed by atoms with E-state index in [0.717, 1.165) is 5.01 Å².